The van der Waals surface area contributed by atoms with Gasteiger partial charge in [0.05, 0.1) is 5.56 Å². The Morgan fingerprint density at radius 2 is 2.05 bits per heavy atom. The Bertz CT molecular complexity index is 516. The summed E-state index contributed by atoms with van der Waals surface area (Å²) in [6, 6.07) is 5.28. The smallest absolute Gasteiger partial charge is 0.355 e. The van der Waals surface area contributed by atoms with Gasteiger partial charge in [-0.25, -0.2) is 0 Å². The van der Waals surface area contributed by atoms with E-state index in [1.165, 1.54) is 6.07 Å². The zero-order chi connectivity index (χ0) is 16.2. The molecule has 0 bridgehead atoms. The van der Waals surface area contributed by atoms with Crippen LogP contribution in [0.3, 0.4) is 0 Å². The fraction of sp³-hybridized carbons (Fsp3) is 0.562. The molecule has 1 aliphatic carbocycles. The van der Waals surface area contributed by atoms with Gasteiger partial charge in [-0.15, -0.1) is 0 Å². The molecule has 0 saturated heterocycles. The fourth-order valence-corrected chi connectivity index (χ4v) is 2.51. The Kier molecular flexibility index (Phi) is 5.45. The van der Waals surface area contributed by atoms with Crippen LogP contribution in [0, 0.1) is 5.92 Å². The minimum Gasteiger partial charge on any atom is -0.355 e. The summed E-state index contributed by atoms with van der Waals surface area (Å²) in [5.41, 5.74) is -0.0566. The van der Waals surface area contributed by atoms with Gasteiger partial charge in [0, 0.05) is 19.0 Å². The summed E-state index contributed by atoms with van der Waals surface area (Å²) in [5, 5.41) is 6.00. The molecular weight excluding hydrogens is 293 g/mol. The number of halogens is 3. The predicted molar refractivity (Wildman–Crippen MR) is 78.5 cm³/mol. The standard InChI is InChI=1S/C16H21F3N2O/c1-2-6-20-7-8-21-15(22)14-10-13(14)11-4-3-5-12(9-11)16(17,18)19/h3-5,9,13-14,20H,2,6-8,10H2,1H3,(H,21,22). The number of alkyl halides is 3. The Labute approximate surface area is 128 Å². The van der Waals surface area contributed by atoms with E-state index in [1.807, 2.05) is 0 Å². The lowest BCUT2D eigenvalue weighted by atomic mass is 10.1. The summed E-state index contributed by atoms with van der Waals surface area (Å²) >= 11 is 0. The predicted octanol–water partition coefficient (Wildman–Crippen LogP) is 2.92. The first-order chi connectivity index (χ1) is 10.4. The highest BCUT2D eigenvalue weighted by molar-refractivity contribution is 5.82. The number of rotatable bonds is 7. The van der Waals surface area contributed by atoms with Gasteiger partial charge in [0.1, 0.15) is 0 Å². The molecule has 1 fully saturated rings. The first-order valence-electron chi connectivity index (χ1n) is 7.59. The summed E-state index contributed by atoms with van der Waals surface area (Å²) in [6.07, 6.45) is -2.68. The van der Waals surface area contributed by atoms with Crippen molar-refractivity contribution < 1.29 is 18.0 Å². The lowest BCUT2D eigenvalue weighted by Gasteiger charge is -2.09. The molecule has 3 nitrogen and oxygen atoms in total. The van der Waals surface area contributed by atoms with Crippen molar-refractivity contribution in [1.29, 1.82) is 0 Å². The monoisotopic (exact) mass is 314 g/mol. The van der Waals surface area contributed by atoms with E-state index < -0.39 is 11.7 Å². The number of hydrogen-bond acceptors (Lipinski definition) is 2. The number of hydrogen-bond donors (Lipinski definition) is 2. The topological polar surface area (TPSA) is 41.1 Å². The Morgan fingerprint density at radius 3 is 2.73 bits per heavy atom. The molecule has 0 spiro atoms. The molecule has 0 radical (unpaired) electrons. The molecule has 1 saturated carbocycles. The molecule has 1 amide bonds. The third kappa shape index (κ3) is 4.47. The molecular formula is C16H21F3N2O. The van der Waals surface area contributed by atoms with Crippen molar-refractivity contribution in [3.8, 4) is 0 Å². The zero-order valence-electron chi connectivity index (χ0n) is 12.5. The minimum atomic E-state index is -4.34. The van der Waals surface area contributed by atoms with Gasteiger partial charge in [0.15, 0.2) is 0 Å². The number of carbonyl (C=O) groups excluding carboxylic acids is 1. The van der Waals surface area contributed by atoms with Crippen LogP contribution in [0.1, 0.15) is 36.8 Å². The highest BCUT2D eigenvalue weighted by Gasteiger charge is 2.44. The highest BCUT2D eigenvalue weighted by Crippen LogP contribution is 2.48. The summed E-state index contributed by atoms with van der Waals surface area (Å²) < 4.78 is 38.1. The van der Waals surface area contributed by atoms with Crippen LogP contribution in [0.25, 0.3) is 0 Å². The van der Waals surface area contributed by atoms with Crippen molar-refractivity contribution in [2.45, 2.75) is 31.9 Å². The molecule has 1 aromatic carbocycles. The van der Waals surface area contributed by atoms with Crippen LogP contribution in [0.5, 0.6) is 0 Å². The van der Waals surface area contributed by atoms with Gasteiger partial charge in [-0.1, -0.05) is 25.1 Å². The van der Waals surface area contributed by atoms with Gasteiger partial charge >= 0.3 is 6.18 Å². The number of amides is 1. The summed E-state index contributed by atoms with van der Waals surface area (Å²) in [4.78, 5) is 11.9. The van der Waals surface area contributed by atoms with Crippen LogP contribution < -0.4 is 10.6 Å². The average molecular weight is 314 g/mol. The second-order valence-electron chi connectivity index (χ2n) is 5.61. The van der Waals surface area contributed by atoms with E-state index >= 15 is 0 Å². The Balaban J connectivity index is 1.83. The largest absolute Gasteiger partial charge is 0.416 e. The van der Waals surface area contributed by atoms with Crippen LogP contribution in [0.4, 0.5) is 13.2 Å². The first-order valence-corrected chi connectivity index (χ1v) is 7.59. The number of benzene rings is 1. The molecule has 0 aromatic heterocycles. The molecule has 1 aromatic rings. The third-order valence-corrected chi connectivity index (χ3v) is 3.80. The van der Waals surface area contributed by atoms with Crippen molar-refractivity contribution in [2.75, 3.05) is 19.6 Å². The minimum absolute atomic E-state index is 0.0688. The van der Waals surface area contributed by atoms with E-state index in [2.05, 4.69) is 17.6 Å². The maximum Gasteiger partial charge on any atom is 0.416 e. The van der Waals surface area contributed by atoms with E-state index in [4.69, 9.17) is 0 Å². The van der Waals surface area contributed by atoms with Crippen molar-refractivity contribution in [3.05, 3.63) is 35.4 Å². The van der Waals surface area contributed by atoms with E-state index in [0.29, 0.717) is 25.1 Å². The second kappa shape index (κ2) is 7.13. The quantitative estimate of drug-likeness (QED) is 0.760. The first kappa shape index (κ1) is 16.8. The Hall–Kier alpha value is -1.56. The Morgan fingerprint density at radius 1 is 1.27 bits per heavy atom. The van der Waals surface area contributed by atoms with Crippen molar-refractivity contribution in [1.82, 2.24) is 10.6 Å². The van der Waals surface area contributed by atoms with Gasteiger partial charge in [-0.2, -0.15) is 13.2 Å². The maximum atomic E-state index is 12.7. The van der Waals surface area contributed by atoms with E-state index in [1.54, 1.807) is 6.07 Å². The van der Waals surface area contributed by atoms with Crippen molar-refractivity contribution in [2.24, 2.45) is 5.92 Å². The molecule has 6 heteroatoms. The number of nitrogens with one attached hydrogen (secondary N) is 2. The van der Waals surface area contributed by atoms with Gasteiger partial charge < -0.3 is 10.6 Å². The maximum absolute atomic E-state index is 12.7. The van der Waals surface area contributed by atoms with Gasteiger partial charge in [0.25, 0.3) is 0 Å². The van der Waals surface area contributed by atoms with E-state index in [-0.39, 0.29) is 17.7 Å². The molecule has 2 N–H and O–H groups in total. The van der Waals surface area contributed by atoms with Crippen molar-refractivity contribution in [3.63, 3.8) is 0 Å². The van der Waals surface area contributed by atoms with Crippen LogP contribution in [0.15, 0.2) is 24.3 Å². The average Bonchev–Trinajstić information content (AvgIpc) is 3.27. The summed E-state index contributed by atoms with van der Waals surface area (Å²) in [6.45, 7) is 4.23. The highest BCUT2D eigenvalue weighted by atomic mass is 19.4. The lowest BCUT2D eigenvalue weighted by Crippen LogP contribution is -2.33. The molecule has 2 unspecified atom stereocenters. The van der Waals surface area contributed by atoms with E-state index in [0.717, 1.165) is 25.1 Å². The lowest BCUT2D eigenvalue weighted by molar-refractivity contribution is -0.137. The molecule has 2 atom stereocenters. The molecule has 22 heavy (non-hydrogen) atoms. The molecule has 0 aliphatic heterocycles. The van der Waals surface area contributed by atoms with Crippen LogP contribution >= 0.6 is 0 Å². The van der Waals surface area contributed by atoms with Crippen molar-refractivity contribution >= 4 is 5.91 Å². The molecule has 2 rings (SSSR count). The zero-order valence-corrected chi connectivity index (χ0v) is 12.5. The van der Waals surface area contributed by atoms with E-state index in [9.17, 15) is 18.0 Å². The van der Waals surface area contributed by atoms with Gasteiger partial charge in [-0.3, -0.25) is 4.79 Å². The fourth-order valence-electron chi connectivity index (χ4n) is 2.51. The normalized spacial score (nSPS) is 20.7. The summed E-state index contributed by atoms with van der Waals surface area (Å²) in [5.74, 6) is -0.360. The van der Waals surface area contributed by atoms with Gasteiger partial charge in [0.2, 0.25) is 5.91 Å². The molecule has 122 valence electrons. The van der Waals surface area contributed by atoms with Gasteiger partial charge in [-0.05, 0) is 36.9 Å². The summed E-state index contributed by atoms with van der Waals surface area (Å²) in [7, 11) is 0. The second-order valence-corrected chi connectivity index (χ2v) is 5.61. The van der Waals surface area contributed by atoms with Crippen LogP contribution in [0.2, 0.25) is 0 Å². The van der Waals surface area contributed by atoms with Crippen LogP contribution in [-0.2, 0) is 11.0 Å². The van der Waals surface area contributed by atoms with Crippen LogP contribution in [-0.4, -0.2) is 25.5 Å². The molecule has 1 aliphatic rings. The number of carbonyl (C=O) groups is 1. The third-order valence-electron chi connectivity index (χ3n) is 3.80. The SMILES string of the molecule is CCCNCCNC(=O)C1CC1c1cccc(C(F)(F)F)c1. The molecule has 0 heterocycles.